The number of methoxy groups -OCH3 is 1. The number of hydrogen-bond acceptors (Lipinski definition) is 7. The van der Waals surface area contributed by atoms with Crippen LogP contribution in [0, 0.1) is 0 Å². The predicted molar refractivity (Wildman–Crippen MR) is 105 cm³/mol. The molecule has 1 atom stereocenters. The first-order chi connectivity index (χ1) is 13.1. The van der Waals surface area contributed by atoms with E-state index in [9.17, 15) is 4.79 Å². The molecular weight excluding hydrogens is 362 g/mol. The van der Waals surface area contributed by atoms with Crippen molar-refractivity contribution in [3.05, 3.63) is 47.2 Å². The Morgan fingerprint density at radius 2 is 2.19 bits per heavy atom. The quantitative estimate of drug-likeness (QED) is 0.680. The Balaban J connectivity index is 1.55. The summed E-state index contributed by atoms with van der Waals surface area (Å²) in [7, 11) is 1.70. The van der Waals surface area contributed by atoms with Crippen LogP contribution in [-0.4, -0.2) is 40.1 Å². The van der Waals surface area contributed by atoms with E-state index in [1.54, 1.807) is 19.5 Å². The number of ether oxygens (including phenoxy) is 1. The molecule has 0 bridgehead atoms. The molecule has 0 aliphatic heterocycles. The highest BCUT2D eigenvalue weighted by Gasteiger charge is 2.31. The lowest BCUT2D eigenvalue weighted by Crippen LogP contribution is -2.47. The molecule has 1 saturated carbocycles. The number of nitrogens with one attached hydrogen (secondary N) is 2. The van der Waals surface area contributed by atoms with Gasteiger partial charge in [0.1, 0.15) is 0 Å². The average molecular weight is 383 g/mol. The molecule has 27 heavy (non-hydrogen) atoms. The van der Waals surface area contributed by atoms with Gasteiger partial charge < -0.3 is 15.4 Å². The Kier molecular flexibility index (Phi) is 5.00. The summed E-state index contributed by atoms with van der Waals surface area (Å²) in [5.41, 5.74) is 2.21. The molecule has 1 aliphatic rings. The van der Waals surface area contributed by atoms with Crippen LogP contribution in [0.15, 0.2) is 36.0 Å². The van der Waals surface area contributed by atoms with Crippen molar-refractivity contribution in [1.82, 2.24) is 20.3 Å². The van der Waals surface area contributed by atoms with E-state index in [1.165, 1.54) is 11.3 Å². The van der Waals surface area contributed by atoms with Crippen LogP contribution in [0.2, 0.25) is 0 Å². The summed E-state index contributed by atoms with van der Waals surface area (Å²) in [5.74, 6) is 0.271. The first-order valence-corrected chi connectivity index (χ1v) is 9.77. The third-order valence-corrected chi connectivity index (χ3v) is 5.72. The first-order valence-electron chi connectivity index (χ1n) is 8.89. The van der Waals surface area contributed by atoms with Crippen LogP contribution in [0.4, 0.5) is 5.95 Å². The molecule has 8 heteroatoms. The van der Waals surface area contributed by atoms with E-state index in [0.717, 1.165) is 28.6 Å². The SMILES string of the molecule is CO[C@H]1C[C@@H](NC(=O)c2nc(NC(C)c3cccnc3)nc3ccsc23)C1. The molecule has 3 aromatic rings. The normalized spacial score (nSPS) is 20.1. The molecule has 2 N–H and O–H groups in total. The molecule has 3 heterocycles. The third kappa shape index (κ3) is 3.77. The maximum Gasteiger partial charge on any atom is 0.271 e. The third-order valence-electron chi connectivity index (χ3n) is 4.81. The molecule has 1 aliphatic carbocycles. The van der Waals surface area contributed by atoms with Crippen molar-refractivity contribution in [2.75, 3.05) is 12.4 Å². The molecule has 0 saturated heterocycles. The van der Waals surface area contributed by atoms with Crippen molar-refractivity contribution >= 4 is 33.4 Å². The van der Waals surface area contributed by atoms with Gasteiger partial charge in [-0.05, 0) is 42.8 Å². The number of anilines is 1. The summed E-state index contributed by atoms with van der Waals surface area (Å²) in [5, 5.41) is 8.25. The number of nitrogens with zero attached hydrogens (tertiary/aromatic N) is 3. The molecule has 0 radical (unpaired) electrons. The van der Waals surface area contributed by atoms with Crippen LogP contribution in [-0.2, 0) is 4.74 Å². The van der Waals surface area contributed by atoms with Gasteiger partial charge in [0, 0.05) is 25.5 Å². The Morgan fingerprint density at radius 1 is 1.33 bits per heavy atom. The van der Waals surface area contributed by atoms with Crippen molar-refractivity contribution in [3.8, 4) is 0 Å². The van der Waals surface area contributed by atoms with Crippen molar-refractivity contribution in [3.63, 3.8) is 0 Å². The van der Waals surface area contributed by atoms with Crippen LogP contribution in [0.3, 0.4) is 0 Å². The molecule has 0 aromatic carbocycles. The molecule has 3 aromatic heterocycles. The molecule has 1 unspecified atom stereocenters. The van der Waals surface area contributed by atoms with E-state index in [1.807, 2.05) is 30.5 Å². The van der Waals surface area contributed by atoms with Crippen LogP contribution >= 0.6 is 11.3 Å². The number of pyridine rings is 1. The maximum atomic E-state index is 12.8. The number of thiophene rings is 1. The van der Waals surface area contributed by atoms with Gasteiger partial charge in [0.2, 0.25) is 5.95 Å². The number of amides is 1. The van der Waals surface area contributed by atoms with Crippen molar-refractivity contribution in [1.29, 1.82) is 0 Å². The second kappa shape index (κ2) is 7.58. The second-order valence-corrected chi connectivity index (χ2v) is 7.60. The zero-order chi connectivity index (χ0) is 18.8. The summed E-state index contributed by atoms with van der Waals surface area (Å²) in [6, 6.07) is 5.90. The van der Waals surface area contributed by atoms with Gasteiger partial charge in [0.05, 0.1) is 22.4 Å². The van der Waals surface area contributed by atoms with Gasteiger partial charge in [0.25, 0.3) is 5.91 Å². The smallest absolute Gasteiger partial charge is 0.271 e. The van der Waals surface area contributed by atoms with Gasteiger partial charge >= 0.3 is 0 Å². The predicted octanol–water partition coefficient (Wildman–Crippen LogP) is 3.17. The van der Waals surface area contributed by atoms with E-state index in [-0.39, 0.29) is 24.1 Å². The summed E-state index contributed by atoms with van der Waals surface area (Å²) < 4.78 is 6.08. The maximum absolute atomic E-state index is 12.8. The van der Waals surface area contributed by atoms with Gasteiger partial charge in [-0.3, -0.25) is 9.78 Å². The highest BCUT2D eigenvalue weighted by Crippen LogP contribution is 2.27. The summed E-state index contributed by atoms with van der Waals surface area (Å²) in [4.78, 5) is 26.0. The molecular formula is C19H21N5O2S. The zero-order valence-electron chi connectivity index (χ0n) is 15.2. The standard InChI is InChI=1S/C19H21N5O2S/c1-11(12-4-3-6-20-10-12)21-19-23-15-5-7-27-17(15)16(24-19)18(25)22-13-8-14(9-13)26-2/h3-7,10-11,13-14H,8-9H2,1-2H3,(H,22,25)(H,21,23,24)/t11?,13-,14+. The van der Waals surface area contributed by atoms with Crippen molar-refractivity contribution < 1.29 is 9.53 Å². The van der Waals surface area contributed by atoms with Crippen molar-refractivity contribution in [2.45, 2.75) is 38.0 Å². The van der Waals surface area contributed by atoms with Crippen LogP contribution in [0.5, 0.6) is 0 Å². The Labute approximate surface area is 161 Å². The van der Waals surface area contributed by atoms with E-state index >= 15 is 0 Å². The fourth-order valence-corrected chi connectivity index (χ4v) is 3.94. The minimum Gasteiger partial charge on any atom is -0.381 e. The number of carbonyl (C=O) groups excluding carboxylic acids is 1. The number of carbonyl (C=O) groups is 1. The monoisotopic (exact) mass is 383 g/mol. The van der Waals surface area contributed by atoms with Gasteiger partial charge in [-0.1, -0.05) is 6.07 Å². The van der Waals surface area contributed by atoms with Gasteiger partial charge in [-0.25, -0.2) is 9.97 Å². The van der Waals surface area contributed by atoms with E-state index < -0.39 is 0 Å². The lowest BCUT2D eigenvalue weighted by molar-refractivity contribution is 0.0175. The van der Waals surface area contributed by atoms with Crippen LogP contribution in [0.1, 0.15) is 41.9 Å². The lowest BCUT2D eigenvalue weighted by Gasteiger charge is -2.34. The highest BCUT2D eigenvalue weighted by molar-refractivity contribution is 7.17. The number of hydrogen-bond donors (Lipinski definition) is 2. The molecule has 4 rings (SSSR count). The summed E-state index contributed by atoms with van der Waals surface area (Å²) in [6.07, 6.45) is 5.45. The van der Waals surface area contributed by atoms with Gasteiger partial charge in [-0.2, -0.15) is 0 Å². The molecule has 1 fully saturated rings. The first kappa shape index (κ1) is 17.8. The van der Waals surface area contributed by atoms with E-state index in [0.29, 0.717) is 11.6 Å². The lowest BCUT2D eigenvalue weighted by atomic mass is 9.89. The minimum atomic E-state index is -0.165. The number of fused-ring (bicyclic) bond motifs is 1. The van der Waals surface area contributed by atoms with Crippen LogP contribution < -0.4 is 10.6 Å². The van der Waals surface area contributed by atoms with E-state index in [4.69, 9.17) is 4.74 Å². The van der Waals surface area contributed by atoms with Gasteiger partial charge in [-0.15, -0.1) is 11.3 Å². The van der Waals surface area contributed by atoms with E-state index in [2.05, 4.69) is 25.6 Å². The Bertz CT molecular complexity index is 940. The highest BCUT2D eigenvalue weighted by atomic mass is 32.1. The summed E-state index contributed by atoms with van der Waals surface area (Å²) >= 11 is 1.48. The largest absolute Gasteiger partial charge is 0.381 e. The van der Waals surface area contributed by atoms with Gasteiger partial charge in [0.15, 0.2) is 5.69 Å². The Morgan fingerprint density at radius 3 is 2.93 bits per heavy atom. The number of aromatic nitrogens is 3. The fraction of sp³-hybridized carbons (Fsp3) is 0.368. The number of rotatable bonds is 6. The fourth-order valence-electron chi connectivity index (χ4n) is 3.12. The minimum absolute atomic E-state index is 0.0280. The molecule has 7 nitrogen and oxygen atoms in total. The second-order valence-electron chi connectivity index (χ2n) is 6.68. The summed E-state index contributed by atoms with van der Waals surface area (Å²) in [6.45, 7) is 2.01. The molecule has 140 valence electrons. The molecule has 0 spiro atoms. The van der Waals surface area contributed by atoms with Crippen molar-refractivity contribution in [2.24, 2.45) is 0 Å². The van der Waals surface area contributed by atoms with Crippen LogP contribution in [0.25, 0.3) is 10.2 Å². The topological polar surface area (TPSA) is 89.0 Å². The zero-order valence-corrected chi connectivity index (χ0v) is 16.0. The Hall–Kier alpha value is -2.58. The molecule has 1 amide bonds. The average Bonchev–Trinajstić information content (AvgIpc) is 3.12.